The van der Waals surface area contributed by atoms with E-state index in [9.17, 15) is 0 Å². The van der Waals surface area contributed by atoms with Crippen LogP contribution in [0.5, 0.6) is 0 Å². The average molecular weight is 1530 g/mol. The van der Waals surface area contributed by atoms with Gasteiger partial charge in [0.1, 0.15) is 0 Å². The Labute approximate surface area is 661 Å². The van der Waals surface area contributed by atoms with E-state index < -0.39 is 25.7 Å². The first-order valence-corrected chi connectivity index (χ1v) is 36.1. The standard InChI is InChI=1S/2C29H25B2N9.2C10H14N.C6H6.2Co/c2*1-3-12-26(13-4-1)30(37-22-8-18-32-37,38-23-9-19-33-38)28-16-7-17-29(36-28)31(39-24-10-20-34-39,40-25-11-21-35-40)27-14-5-2-6-15-27;2*1-10(2,3)8-4-6-9(11)7-5-8;1-2-4-6-5-3-1;;/h2*1-25H;2*4-7,11H,1-3H3;1-6H;;/q2*-2;2*-1;;2*+3. The molecular formula is C84H84B4Co2N20. The van der Waals surface area contributed by atoms with Gasteiger partial charge >= 0.3 is 33.6 Å². The Hall–Kier alpha value is -12.6. The molecular weight excluding hydrogens is 1450 g/mol. The number of pyridine rings is 2. The minimum atomic E-state index is -1.96. The Bertz CT molecular complexity index is 4790. The van der Waals surface area contributed by atoms with Crippen LogP contribution in [-0.2, 0) is 44.4 Å². The van der Waals surface area contributed by atoms with E-state index in [0.29, 0.717) is 10.7 Å². The van der Waals surface area contributed by atoms with Gasteiger partial charge in [-0.3, -0.25) is 0 Å². The number of hydrogen-bond acceptors (Lipinski definition) is 12. The molecule has 0 amide bonds. The van der Waals surface area contributed by atoms with E-state index in [4.69, 9.17) is 61.6 Å². The number of nitrogens with one attached hydrogen (secondary N) is 2. The smallest absolute Gasteiger partial charge is 0.412 e. The first-order chi connectivity index (χ1) is 52.7. The molecule has 26 heteroatoms. The quantitative estimate of drug-likeness (QED) is 0.0696. The second kappa shape index (κ2) is 35.4. The van der Waals surface area contributed by atoms with Crippen molar-refractivity contribution in [2.24, 2.45) is 0 Å². The largest absolute Gasteiger partial charge is 3.00 e. The molecule has 0 spiro atoms. The Balaban J connectivity index is 0.000000159. The molecule has 17 rings (SSSR count). The summed E-state index contributed by atoms with van der Waals surface area (Å²) in [4.78, 5) is 11.0. The fourth-order valence-corrected chi connectivity index (χ4v) is 14.5. The van der Waals surface area contributed by atoms with E-state index in [1.165, 1.54) is 11.1 Å². The van der Waals surface area contributed by atoms with Gasteiger partial charge in [0, 0.05) is 49.6 Å². The molecule has 550 valence electrons. The molecule has 7 aromatic carbocycles. The molecule has 0 aliphatic heterocycles. The second-order valence-corrected chi connectivity index (χ2v) is 28.4. The monoisotopic (exact) mass is 1530 g/mol. The van der Waals surface area contributed by atoms with Gasteiger partial charge in [0.05, 0.1) is 0 Å². The molecule has 0 atom stereocenters. The number of aromatic nitrogens is 18. The minimum Gasteiger partial charge on any atom is -0.412 e. The average Bonchev–Trinajstić information content (AvgIpc) is 1.31. The zero-order valence-corrected chi connectivity index (χ0v) is 64.1. The molecule has 0 radical (unpaired) electrons. The summed E-state index contributed by atoms with van der Waals surface area (Å²) in [6.45, 7) is 13.0. The van der Waals surface area contributed by atoms with E-state index >= 15 is 0 Å². The summed E-state index contributed by atoms with van der Waals surface area (Å²) in [5.74, 6) is 0. The number of benzene rings is 7. The van der Waals surface area contributed by atoms with Crippen LogP contribution in [0, 0.1) is 10.8 Å². The van der Waals surface area contributed by atoms with Crippen LogP contribution in [0.15, 0.2) is 390 Å². The van der Waals surface area contributed by atoms with Crippen LogP contribution in [0.2, 0.25) is 0 Å². The third-order valence-electron chi connectivity index (χ3n) is 19.7. The molecule has 0 bridgehead atoms. The summed E-state index contributed by atoms with van der Waals surface area (Å²) in [6.07, 6.45) is 22.3. The molecule has 110 heavy (non-hydrogen) atoms. The Kier molecular flexibility index (Phi) is 25.3. The van der Waals surface area contributed by atoms with E-state index in [2.05, 4.69) is 126 Å². The molecule has 10 aromatic heterocycles. The van der Waals surface area contributed by atoms with Gasteiger partial charge in [0.15, 0.2) is 0 Å². The minimum absolute atomic E-state index is 0. The van der Waals surface area contributed by atoms with Gasteiger partial charge in [0.2, 0.25) is 0 Å². The van der Waals surface area contributed by atoms with Crippen molar-refractivity contribution in [1.82, 2.24) is 87.5 Å². The van der Waals surface area contributed by atoms with Gasteiger partial charge in [-0.25, -0.2) is 40.8 Å². The van der Waals surface area contributed by atoms with Crippen LogP contribution in [-0.4, -0.2) is 113 Å². The van der Waals surface area contributed by atoms with Crippen molar-refractivity contribution < 1.29 is 33.6 Å². The van der Waals surface area contributed by atoms with Crippen LogP contribution >= 0.6 is 0 Å². The van der Waals surface area contributed by atoms with E-state index in [0.717, 1.165) is 44.2 Å². The summed E-state index contributed by atoms with van der Waals surface area (Å²) in [6, 6.07) is 96.3. The zero-order valence-electron chi connectivity index (χ0n) is 62.0. The van der Waals surface area contributed by atoms with Crippen molar-refractivity contribution in [3.05, 3.63) is 412 Å². The maximum atomic E-state index is 7.30. The fraction of sp³-hybridized carbons (Fsp3) is 0.0952. The predicted octanol–water partition coefficient (Wildman–Crippen LogP) is 8.39. The maximum Gasteiger partial charge on any atom is 3.00 e. The van der Waals surface area contributed by atoms with Crippen molar-refractivity contribution in [2.75, 3.05) is 0 Å². The first kappa shape index (κ1) is 78.5. The SMILES string of the molecule is CC(C)(C)c1ccc(=N)[cH-]c1.CC(C)(C)c1ccc(=N)[cH-]c1.[Co+3].[Co+3].c1ccc([B-](c2cccc([B-](c3ccccc3)(n3cccn3)n3cccn3)n2)(n2cccn2)n2cccn2)cc1.c1ccc([B-](c2cccc([B-](c3ccccc3)(n3cccn3)n3cccn3)n2)(n2cccn2)n2cccn2)cc1.c1ccccc1. The van der Waals surface area contributed by atoms with E-state index in [1.54, 1.807) is 49.6 Å². The maximum absolute atomic E-state index is 7.30. The Morgan fingerprint density at radius 1 is 0.245 bits per heavy atom. The van der Waals surface area contributed by atoms with Gasteiger partial charge in [-0.1, -0.05) is 280 Å². The van der Waals surface area contributed by atoms with Crippen molar-refractivity contribution >= 4 is 69.9 Å². The molecule has 0 saturated carbocycles. The molecule has 17 aromatic rings. The third kappa shape index (κ3) is 16.2. The molecule has 0 unspecified atom stereocenters. The number of nitrogens with zero attached hydrogens (tertiary/aromatic N) is 18. The normalized spacial score (nSPS) is 11.5. The molecule has 10 heterocycles. The summed E-state index contributed by atoms with van der Waals surface area (Å²) in [5, 5.41) is 53.8. The summed E-state index contributed by atoms with van der Waals surface area (Å²) >= 11 is 0. The van der Waals surface area contributed by atoms with Crippen molar-refractivity contribution in [2.45, 2.75) is 52.4 Å². The zero-order chi connectivity index (χ0) is 74.9. The predicted molar refractivity (Wildman–Crippen MR) is 435 cm³/mol. The Morgan fingerprint density at radius 2 is 0.436 bits per heavy atom. The molecule has 0 aliphatic rings. The summed E-state index contributed by atoms with van der Waals surface area (Å²) in [5.41, 5.74) is 10.3. The fourth-order valence-electron chi connectivity index (χ4n) is 14.5. The second-order valence-electron chi connectivity index (χ2n) is 28.4. The number of hydrogen-bond donors (Lipinski definition) is 2. The van der Waals surface area contributed by atoms with Crippen LogP contribution in [0.4, 0.5) is 0 Å². The molecule has 20 nitrogen and oxygen atoms in total. The van der Waals surface area contributed by atoms with Gasteiger partial charge in [-0.2, -0.15) is 57.2 Å². The van der Waals surface area contributed by atoms with Crippen LogP contribution < -0.4 is 54.9 Å². The topological polar surface area (TPSA) is 216 Å². The first-order valence-electron chi connectivity index (χ1n) is 36.1. The summed E-state index contributed by atoms with van der Waals surface area (Å²) < 4.78 is 15.7. The Morgan fingerprint density at radius 3 is 0.591 bits per heavy atom. The van der Waals surface area contributed by atoms with Crippen molar-refractivity contribution in [3.8, 4) is 0 Å². The molecule has 0 fully saturated rings. The van der Waals surface area contributed by atoms with E-state index in [-0.39, 0.29) is 44.4 Å². The van der Waals surface area contributed by atoms with Gasteiger partial charge in [-0.05, 0) is 98.1 Å². The van der Waals surface area contributed by atoms with Crippen molar-refractivity contribution in [1.29, 1.82) is 10.8 Å². The molecule has 2 N–H and O–H groups in total. The van der Waals surface area contributed by atoms with Gasteiger partial charge in [0.25, 0.3) is 25.7 Å². The number of rotatable bonds is 16. The van der Waals surface area contributed by atoms with E-state index in [1.807, 2.05) is 293 Å². The van der Waals surface area contributed by atoms with Crippen LogP contribution in [0.3, 0.4) is 0 Å². The molecule has 0 saturated heterocycles. The third-order valence-corrected chi connectivity index (χ3v) is 19.7. The van der Waals surface area contributed by atoms with Crippen molar-refractivity contribution in [3.63, 3.8) is 0 Å². The molecule has 0 aliphatic carbocycles. The summed E-state index contributed by atoms with van der Waals surface area (Å²) in [7, 11) is 0. The van der Waals surface area contributed by atoms with Gasteiger partial charge < -0.3 is 57.5 Å². The van der Waals surface area contributed by atoms with Crippen LogP contribution in [0.1, 0.15) is 52.7 Å². The van der Waals surface area contributed by atoms with Gasteiger partial charge in [-0.15, -0.1) is 24.3 Å². The van der Waals surface area contributed by atoms with Crippen LogP contribution in [0.25, 0.3) is 0 Å².